The molecule has 2 heterocycles. The highest BCUT2D eigenvalue weighted by molar-refractivity contribution is 7.84. The van der Waals surface area contributed by atoms with Crippen molar-refractivity contribution in [2.24, 2.45) is 0 Å². The van der Waals surface area contributed by atoms with Gasteiger partial charge in [-0.1, -0.05) is 12.1 Å². The Hall–Kier alpha value is -2.73. The van der Waals surface area contributed by atoms with Crippen LogP contribution in [-0.2, 0) is 10.8 Å². The van der Waals surface area contributed by atoms with Crippen LogP contribution in [0.15, 0.2) is 62.5 Å². The van der Waals surface area contributed by atoms with Crippen molar-refractivity contribution in [3.05, 3.63) is 54.6 Å². The zero-order valence-corrected chi connectivity index (χ0v) is 14.0. The van der Waals surface area contributed by atoms with E-state index in [1.807, 2.05) is 42.5 Å². The van der Waals surface area contributed by atoms with E-state index in [9.17, 15) is 4.21 Å². The molecule has 0 saturated carbocycles. The Balaban J connectivity index is 1.87. The number of rotatable bonds is 3. The molecule has 0 amide bonds. The highest BCUT2D eigenvalue weighted by atomic mass is 32.2. The lowest BCUT2D eigenvalue weighted by Gasteiger charge is -2.02. The second-order valence-corrected chi connectivity index (χ2v) is 6.85. The fourth-order valence-electron chi connectivity index (χ4n) is 2.64. The fraction of sp³-hybridized carbons (Fsp3) is 0.111. The molecule has 6 heteroatoms. The van der Waals surface area contributed by atoms with Crippen molar-refractivity contribution in [1.82, 2.24) is 10.2 Å². The summed E-state index contributed by atoms with van der Waals surface area (Å²) in [7, 11) is -1.03. The van der Waals surface area contributed by atoms with E-state index >= 15 is 0 Å². The summed E-state index contributed by atoms with van der Waals surface area (Å²) in [4.78, 5) is 0.783. The predicted molar refractivity (Wildman–Crippen MR) is 92.0 cm³/mol. The first-order chi connectivity index (χ1) is 11.6. The van der Waals surface area contributed by atoms with E-state index in [1.54, 1.807) is 19.4 Å². The van der Waals surface area contributed by atoms with Gasteiger partial charge in [-0.2, -0.15) is 0 Å². The minimum Gasteiger partial charge on any atom is -0.464 e. The van der Waals surface area contributed by atoms with Gasteiger partial charge < -0.3 is 8.83 Å². The Labute approximate surface area is 140 Å². The molecule has 0 aliphatic heterocycles. The monoisotopic (exact) mass is 338 g/mol. The summed E-state index contributed by atoms with van der Waals surface area (Å²) in [5, 5.41) is 8.87. The predicted octanol–water partition coefficient (Wildman–Crippen LogP) is 4.20. The molecule has 24 heavy (non-hydrogen) atoms. The van der Waals surface area contributed by atoms with Gasteiger partial charge in [-0.05, 0) is 35.9 Å². The van der Waals surface area contributed by atoms with Crippen LogP contribution in [0.4, 0.5) is 0 Å². The first kappa shape index (κ1) is 14.8. The number of hydrogen-bond acceptors (Lipinski definition) is 5. The molecule has 0 saturated heterocycles. The molecule has 1 atom stereocenters. The number of hydrogen-bond donors (Lipinski definition) is 0. The van der Waals surface area contributed by atoms with E-state index < -0.39 is 10.8 Å². The van der Waals surface area contributed by atoms with Gasteiger partial charge in [-0.15, -0.1) is 10.2 Å². The molecule has 0 N–H and O–H groups in total. The van der Waals surface area contributed by atoms with Crippen molar-refractivity contribution >= 4 is 21.8 Å². The Kier molecular flexibility index (Phi) is 3.54. The lowest BCUT2D eigenvalue weighted by atomic mass is 10.0. The topological polar surface area (TPSA) is 69.1 Å². The number of nitrogens with zero attached hydrogens (tertiary/aromatic N) is 2. The SMILES string of the molecule is Cc1nnc(-c2ccc3occ(-c4cccc(S(C)=O)c4)c3c2)o1. The molecule has 0 spiro atoms. The number of furan rings is 1. The fourth-order valence-corrected chi connectivity index (χ4v) is 3.20. The zero-order chi connectivity index (χ0) is 16.7. The molecule has 0 aliphatic carbocycles. The second-order valence-electron chi connectivity index (χ2n) is 5.47. The van der Waals surface area contributed by atoms with E-state index in [4.69, 9.17) is 8.83 Å². The van der Waals surface area contributed by atoms with Crippen LogP contribution < -0.4 is 0 Å². The lowest BCUT2D eigenvalue weighted by Crippen LogP contribution is -1.87. The molecule has 120 valence electrons. The van der Waals surface area contributed by atoms with Crippen LogP contribution in [0, 0.1) is 6.92 Å². The van der Waals surface area contributed by atoms with Crippen LogP contribution in [0.25, 0.3) is 33.6 Å². The van der Waals surface area contributed by atoms with Gasteiger partial charge in [0.05, 0.1) is 6.26 Å². The Bertz CT molecular complexity index is 1070. The maximum atomic E-state index is 11.7. The van der Waals surface area contributed by atoms with Crippen molar-refractivity contribution in [3.63, 3.8) is 0 Å². The van der Waals surface area contributed by atoms with E-state index in [0.717, 1.165) is 32.6 Å². The van der Waals surface area contributed by atoms with Gasteiger partial charge in [0.15, 0.2) is 0 Å². The van der Waals surface area contributed by atoms with E-state index in [2.05, 4.69) is 10.2 Å². The van der Waals surface area contributed by atoms with Crippen molar-refractivity contribution in [2.45, 2.75) is 11.8 Å². The summed E-state index contributed by atoms with van der Waals surface area (Å²) in [6.07, 6.45) is 3.38. The molecular weight excluding hydrogens is 324 g/mol. The summed E-state index contributed by atoms with van der Waals surface area (Å²) < 4.78 is 22.9. The number of aromatic nitrogens is 2. The van der Waals surface area contributed by atoms with Crippen LogP contribution in [0.5, 0.6) is 0 Å². The first-order valence-electron chi connectivity index (χ1n) is 7.37. The average Bonchev–Trinajstić information content (AvgIpc) is 3.20. The van der Waals surface area contributed by atoms with Gasteiger partial charge in [0.2, 0.25) is 11.8 Å². The van der Waals surface area contributed by atoms with Crippen molar-refractivity contribution in [1.29, 1.82) is 0 Å². The molecule has 0 aliphatic rings. The summed E-state index contributed by atoms with van der Waals surface area (Å²) in [5.41, 5.74) is 3.50. The van der Waals surface area contributed by atoms with Crippen LogP contribution in [-0.4, -0.2) is 20.7 Å². The van der Waals surface area contributed by atoms with Gasteiger partial charge in [0.1, 0.15) is 5.58 Å². The zero-order valence-electron chi connectivity index (χ0n) is 13.1. The maximum Gasteiger partial charge on any atom is 0.247 e. The molecular formula is C18H14N2O3S. The summed E-state index contributed by atoms with van der Waals surface area (Å²) >= 11 is 0. The third-order valence-corrected chi connectivity index (χ3v) is 4.74. The van der Waals surface area contributed by atoms with Gasteiger partial charge in [0, 0.05) is 45.4 Å². The van der Waals surface area contributed by atoms with E-state index in [1.165, 1.54) is 0 Å². The lowest BCUT2D eigenvalue weighted by molar-refractivity contribution is 0.533. The minimum absolute atomic E-state index is 0.477. The second kappa shape index (κ2) is 5.72. The molecule has 4 aromatic rings. The summed E-state index contributed by atoms with van der Waals surface area (Å²) in [5.74, 6) is 1.00. The van der Waals surface area contributed by atoms with Crippen molar-refractivity contribution in [2.75, 3.05) is 6.26 Å². The maximum absolute atomic E-state index is 11.7. The highest BCUT2D eigenvalue weighted by Crippen LogP contribution is 2.34. The van der Waals surface area contributed by atoms with Gasteiger partial charge in [0.25, 0.3) is 0 Å². The summed E-state index contributed by atoms with van der Waals surface area (Å²) in [6, 6.07) is 13.4. The highest BCUT2D eigenvalue weighted by Gasteiger charge is 2.13. The van der Waals surface area contributed by atoms with Gasteiger partial charge >= 0.3 is 0 Å². The smallest absolute Gasteiger partial charge is 0.247 e. The van der Waals surface area contributed by atoms with Crippen LogP contribution in [0.2, 0.25) is 0 Å². The normalized spacial score (nSPS) is 12.6. The van der Waals surface area contributed by atoms with Crippen LogP contribution in [0.1, 0.15) is 5.89 Å². The molecule has 5 nitrogen and oxygen atoms in total. The average molecular weight is 338 g/mol. The van der Waals surface area contributed by atoms with Crippen LogP contribution >= 0.6 is 0 Å². The van der Waals surface area contributed by atoms with Crippen molar-refractivity contribution < 1.29 is 13.0 Å². The number of benzene rings is 2. The summed E-state index contributed by atoms with van der Waals surface area (Å²) in [6.45, 7) is 1.76. The number of aryl methyl sites for hydroxylation is 1. The van der Waals surface area contributed by atoms with Gasteiger partial charge in [-0.3, -0.25) is 4.21 Å². The quantitative estimate of drug-likeness (QED) is 0.560. The largest absolute Gasteiger partial charge is 0.464 e. The molecule has 2 aromatic heterocycles. The van der Waals surface area contributed by atoms with Crippen LogP contribution in [0.3, 0.4) is 0 Å². The Morgan fingerprint density at radius 3 is 2.67 bits per heavy atom. The first-order valence-corrected chi connectivity index (χ1v) is 8.93. The Morgan fingerprint density at radius 1 is 1.04 bits per heavy atom. The molecule has 0 fully saturated rings. The third kappa shape index (κ3) is 2.55. The Morgan fingerprint density at radius 2 is 1.92 bits per heavy atom. The molecule has 0 bridgehead atoms. The molecule has 1 unspecified atom stereocenters. The molecule has 4 rings (SSSR count). The molecule has 0 radical (unpaired) electrons. The number of fused-ring (bicyclic) bond motifs is 1. The van der Waals surface area contributed by atoms with E-state index in [-0.39, 0.29) is 0 Å². The van der Waals surface area contributed by atoms with Crippen molar-refractivity contribution in [3.8, 4) is 22.6 Å². The van der Waals surface area contributed by atoms with E-state index in [0.29, 0.717) is 11.8 Å². The van der Waals surface area contributed by atoms with Gasteiger partial charge in [-0.25, -0.2) is 0 Å². The standard InChI is InChI=1S/C18H14N2O3S/c1-11-19-20-18(23-11)13-6-7-17-15(9-13)16(10-22-17)12-4-3-5-14(8-12)24(2)21/h3-10H,1-2H3. The minimum atomic E-state index is -1.03. The molecule has 2 aromatic carbocycles. The third-order valence-electron chi connectivity index (χ3n) is 3.82.